The van der Waals surface area contributed by atoms with Crippen molar-refractivity contribution in [3.63, 3.8) is 0 Å². The zero-order valence-electron chi connectivity index (χ0n) is 18.0. The fourth-order valence-electron chi connectivity index (χ4n) is 4.43. The first kappa shape index (κ1) is 21.8. The quantitative estimate of drug-likeness (QED) is 0.490. The molecule has 0 unspecified atom stereocenters. The number of carbonyl (C=O) groups is 1. The normalized spacial score (nSPS) is 20.7. The van der Waals surface area contributed by atoms with Crippen molar-refractivity contribution < 1.29 is 9.18 Å². The predicted molar refractivity (Wildman–Crippen MR) is 122 cm³/mol. The Bertz CT molecular complexity index is 1080. The van der Waals surface area contributed by atoms with Gasteiger partial charge in [0.1, 0.15) is 5.56 Å². The Morgan fingerprint density at radius 2 is 2.00 bits per heavy atom. The standard InChI is InChI=1S/C23H28FN7O/c1-30(17-5-3-2-4-6-17)18-7-10-23(15-25,11-8-18)31-14-19(21(26)32)22(29-31)28-16-9-12-27-20(24)13-16/h2-6,9,12-14,18H,7-8,10-11,15,25H2,1H3,(H2,26,32)(H,27,28,29). The van der Waals surface area contributed by atoms with E-state index >= 15 is 0 Å². The second-order valence-corrected chi connectivity index (χ2v) is 8.30. The molecule has 2 heterocycles. The molecule has 0 atom stereocenters. The summed E-state index contributed by atoms with van der Waals surface area (Å²) in [7, 11) is 2.12. The van der Waals surface area contributed by atoms with Crippen molar-refractivity contribution in [3.8, 4) is 0 Å². The molecule has 1 aliphatic rings. The minimum Gasteiger partial charge on any atom is -0.372 e. The Hall–Kier alpha value is -3.46. The number of amides is 1. The molecule has 0 saturated heterocycles. The van der Waals surface area contributed by atoms with Gasteiger partial charge in [-0.25, -0.2) is 4.98 Å². The summed E-state index contributed by atoms with van der Waals surface area (Å²) >= 11 is 0. The van der Waals surface area contributed by atoms with E-state index in [4.69, 9.17) is 11.5 Å². The number of rotatable bonds is 7. The SMILES string of the molecule is CN(c1ccccc1)C1CCC(CN)(n2cc(C(N)=O)c(Nc3ccnc(F)c3)n2)CC1. The molecule has 0 bridgehead atoms. The predicted octanol–water partition coefficient (Wildman–Crippen LogP) is 2.99. The molecule has 0 spiro atoms. The first-order valence-electron chi connectivity index (χ1n) is 10.7. The second kappa shape index (κ2) is 8.96. The maximum Gasteiger partial charge on any atom is 0.254 e. The zero-order valence-corrected chi connectivity index (χ0v) is 18.0. The van der Waals surface area contributed by atoms with Crippen molar-refractivity contribution in [2.24, 2.45) is 11.5 Å². The van der Waals surface area contributed by atoms with Gasteiger partial charge in [0.2, 0.25) is 5.95 Å². The van der Waals surface area contributed by atoms with Crippen LogP contribution in [0.3, 0.4) is 0 Å². The van der Waals surface area contributed by atoms with Crippen molar-refractivity contribution in [1.82, 2.24) is 14.8 Å². The second-order valence-electron chi connectivity index (χ2n) is 8.30. The number of carbonyl (C=O) groups excluding carboxylic acids is 1. The van der Waals surface area contributed by atoms with E-state index in [1.807, 2.05) is 18.2 Å². The van der Waals surface area contributed by atoms with E-state index in [-0.39, 0.29) is 11.4 Å². The van der Waals surface area contributed by atoms with Crippen LogP contribution < -0.4 is 21.7 Å². The van der Waals surface area contributed by atoms with Gasteiger partial charge >= 0.3 is 0 Å². The molecule has 1 saturated carbocycles. The molecule has 0 aliphatic heterocycles. The molecule has 4 rings (SSSR count). The number of para-hydroxylation sites is 1. The lowest BCUT2D eigenvalue weighted by atomic mass is 9.79. The average molecular weight is 438 g/mol. The highest BCUT2D eigenvalue weighted by molar-refractivity contribution is 5.98. The van der Waals surface area contributed by atoms with Gasteiger partial charge in [0.25, 0.3) is 5.91 Å². The highest BCUT2D eigenvalue weighted by Crippen LogP contribution is 2.38. The summed E-state index contributed by atoms with van der Waals surface area (Å²) in [5, 5.41) is 7.60. The van der Waals surface area contributed by atoms with E-state index in [9.17, 15) is 9.18 Å². The Morgan fingerprint density at radius 3 is 2.62 bits per heavy atom. The monoisotopic (exact) mass is 437 g/mol. The summed E-state index contributed by atoms with van der Waals surface area (Å²) in [6.07, 6.45) is 6.49. The Morgan fingerprint density at radius 1 is 1.28 bits per heavy atom. The molecule has 1 amide bonds. The number of nitrogens with two attached hydrogens (primary N) is 2. The minimum absolute atomic E-state index is 0.235. The number of nitrogens with one attached hydrogen (secondary N) is 1. The number of anilines is 3. The molecule has 32 heavy (non-hydrogen) atoms. The molecule has 1 aliphatic carbocycles. The van der Waals surface area contributed by atoms with Crippen LogP contribution in [-0.2, 0) is 5.54 Å². The van der Waals surface area contributed by atoms with Crippen molar-refractivity contribution in [1.29, 1.82) is 0 Å². The third-order valence-corrected chi connectivity index (χ3v) is 6.43. The van der Waals surface area contributed by atoms with Crippen LogP contribution in [0.15, 0.2) is 54.9 Å². The van der Waals surface area contributed by atoms with E-state index in [0.717, 1.165) is 25.7 Å². The van der Waals surface area contributed by atoms with Gasteiger partial charge in [0.15, 0.2) is 5.82 Å². The molecule has 9 heteroatoms. The van der Waals surface area contributed by atoms with Gasteiger partial charge in [-0.05, 0) is 43.9 Å². The molecule has 1 fully saturated rings. The number of nitrogens with zero attached hydrogens (tertiary/aromatic N) is 4. The Balaban J connectivity index is 1.56. The van der Waals surface area contributed by atoms with Crippen LogP contribution in [-0.4, -0.2) is 40.3 Å². The lowest BCUT2D eigenvalue weighted by molar-refractivity contribution is 0.1000. The number of pyridine rings is 1. The van der Waals surface area contributed by atoms with Gasteiger partial charge in [-0.3, -0.25) is 9.48 Å². The summed E-state index contributed by atoms with van der Waals surface area (Å²) in [4.78, 5) is 17.9. The summed E-state index contributed by atoms with van der Waals surface area (Å²) in [6, 6.07) is 13.5. The van der Waals surface area contributed by atoms with Crippen LogP contribution in [0.1, 0.15) is 36.0 Å². The number of benzene rings is 1. The van der Waals surface area contributed by atoms with Crippen molar-refractivity contribution in [2.75, 3.05) is 23.8 Å². The van der Waals surface area contributed by atoms with Crippen LogP contribution in [0.4, 0.5) is 21.6 Å². The molecule has 1 aromatic carbocycles. The molecule has 8 nitrogen and oxygen atoms in total. The first-order valence-corrected chi connectivity index (χ1v) is 10.7. The fraction of sp³-hybridized carbons (Fsp3) is 0.348. The van der Waals surface area contributed by atoms with Gasteiger partial charge in [0, 0.05) is 49.5 Å². The number of hydrogen-bond donors (Lipinski definition) is 3. The maximum atomic E-state index is 13.5. The molecular formula is C23H28FN7O. The minimum atomic E-state index is -0.630. The Kier molecular flexibility index (Phi) is 6.09. The van der Waals surface area contributed by atoms with E-state index in [0.29, 0.717) is 18.3 Å². The van der Waals surface area contributed by atoms with E-state index < -0.39 is 17.4 Å². The van der Waals surface area contributed by atoms with E-state index in [1.165, 1.54) is 18.0 Å². The number of halogens is 1. The number of hydrogen-bond acceptors (Lipinski definition) is 6. The smallest absolute Gasteiger partial charge is 0.254 e. The lowest BCUT2D eigenvalue weighted by Gasteiger charge is -2.43. The van der Waals surface area contributed by atoms with Crippen molar-refractivity contribution in [2.45, 2.75) is 37.3 Å². The number of primary amides is 1. The van der Waals surface area contributed by atoms with Crippen LogP contribution in [0.25, 0.3) is 0 Å². The number of aromatic nitrogens is 3. The summed E-state index contributed by atoms with van der Waals surface area (Å²) in [6.45, 7) is 0.387. The first-order chi connectivity index (χ1) is 15.4. The van der Waals surface area contributed by atoms with Gasteiger partial charge in [0.05, 0.1) is 5.54 Å². The van der Waals surface area contributed by atoms with Crippen molar-refractivity contribution in [3.05, 3.63) is 66.4 Å². The third-order valence-electron chi connectivity index (χ3n) is 6.43. The summed E-state index contributed by atoms with van der Waals surface area (Å²) in [5.74, 6) is -0.966. The molecule has 5 N–H and O–H groups in total. The third kappa shape index (κ3) is 4.29. The Labute approximate surface area is 186 Å². The highest BCUT2D eigenvalue weighted by Gasteiger charge is 2.38. The summed E-state index contributed by atoms with van der Waals surface area (Å²) < 4.78 is 15.2. The highest BCUT2D eigenvalue weighted by atomic mass is 19.1. The van der Waals surface area contributed by atoms with E-state index in [1.54, 1.807) is 16.9 Å². The van der Waals surface area contributed by atoms with Crippen molar-refractivity contribution >= 4 is 23.1 Å². The molecule has 168 valence electrons. The van der Waals surface area contributed by atoms with Crippen LogP contribution in [0, 0.1) is 5.95 Å². The van der Waals surface area contributed by atoms with Gasteiger partial charge in [-0.1, -0.05) is 18.2 Å². The van der Waals surface area contributed by atoms with Crippen LogP contribution in [0.2, 0.25) is 0 Å². The molecule has 3 aromatic rings. The molecule has 2 aromatic heterocycles. The molecular weight excluding hydrogens is 409 g/mol. The van der Waals surface area contributed by atoms with Gasteiger partial charge < -0.3 is 21.7 Å². The topological polar surface area (TPSA) is 115 Å². The lowest BCUT2D eigenvalue weighted by Crippen LogP contribution is -2.48. The van der Waals surface area contributed by atoms with E-state index in [2.05, 4.69) is 39.5 Å². The zero-order chi connectivity index (χ0) is 22.7. The molecule has 0 radical (unpaired) electrons. The van der Waals surface area contributed by atoms with Crippen LogP contribution >= 0.6 is 0 Å². The fourth-order valence-corrected chi connectivity index (χ4v) is 4.43. The summed E-state index contributed by atoms with van der Waals surface area (Å²) in [5.41, 5.74) is 13.3. The maximum absolute atomic E-state index is 13.5. The largest absolute Gasteiger partial charge is 0.372 e. The average Bonchev–Trinajstić information content (AvgIpc) is 3.24. The van der Waals surface area contributed by atoms with Crippen LogP contribution in [0.5, 0.6) is 0 Å². The van der Waals surface area contributed by atoms with Gasteiger partial charge in [-0.2, -0.15) is 9.49 Å². The van der Waals surface area contributed by atoms with Gasteiger partial charge in [-0.15, -0.1) is 0 Å².